The highest BCUT2D eigenvalue weighted by molar-refractivity contribution is 7.87. The quantitative estimate of drug-likeness (QED) is 0.621. The molecule has 0 amide bonds. The Morgan fingerprint density at radius 2 is 2.25 bits per heavy atom. The number of nitrogens with one attached hydrogen (secondary N) is 2. The van der Waals surface area contributed by atoms with Crippen LogP contribution >= 0.6 is 0 Å². The van der Waals surface area contributed by atoms with Crippen LogP contribution in [0.5, 0.6) is 0 Å². The number of aromatic nitrogens is 2. The summed E-state index contributed by atoms with van der Waals surface area (Å²) in [7, 11) is -0.0303. The van der Waals surface area contributed by atoms with Gasteiger partial charge in [-0.25, -0.2) is 0 Å². The standard InChI is InChI=1S/C12H23N5O2S/c1-16-9-6-12(15-16)10-14-20(18,19)17(2)8-3-7-13-11-4-5-11/h6,9,11,13-14H,3-5,7-8,10H2,1-2H3. The van der Waals surface area contributed by atoms with Crippen molar-refractivity contribution >= 4 is 10.2 Å². The summed E-state index contributed by atoms with van der Waals surface area (Å²) in [5.74, 6) is 0. The molecule has 1 aliphatic rings. The van der Waals surface area contributed by atoms with Crippen LogP contribution in [-0.2, 0) is 23.8 Å². The average molecular weight is 301 g/mol. The molecule has 0 spiro atoms. The first-order valence-corrected chi connectivity index (χ1v) is 8.34. The van der Waals surface area contributed by atoms with Crippen molar-refractivity contribution in [3.05, 3.63) is 18.0 Å². The van der Waals surface area contributed by atoms with Gasteiger partial charge in [0.25, 0.3) is 10.2 Å². The highest BCUT2D eigenvalue weighted by Crippen LogP contribution is 2.18. The van der Waals surface area contributed by atoms with Crippen molar-refractivity contribution < 1.29 is 8.42 Å². The second kappa shape index (κ2) is 6.66. The Morgan fingerprint density at radius 3 is 2.85 bits per heavy atom. The summed E-state index contributed by atoms with van der Waals surface area (Å²) in [5, 5.41) is 7.51. The maximum Gasteiger partial charge on any atom is 0.279 e. The fourth-order valence-electron chi connectivity index (χ4n) is 1.85. The number of hydrogen-bond acceptors (Lipinski definition) is 4. The van der Waals surface area contributed by atoms with E-state index in [2.05, 4.69) is 15.1 Å². The number of nitrogens with zero attached hydrogens (tertiary/aromatic N) is 3. The molecule has 7 nitrogen and oxygen atoms in total. The van der Waals surface area contributed by atoms with E-state index in [4.69, 9.17) is 0 Å². The molecular weight excluding hydrogens is 278 g/mol. The molecule has 0 saturated heterocycles. The van der Waals surface area contributed by atoms with Crippen molar-refractivity contribution in [2.24, 2.45) is 7.05 Å². The van der Waals surface area contributed by atoms with Crippen molar-refractivity contribution in [2.45, 2.75) is 31.8 Å². The lowest BCUT2D eigenvalue weighted by molar-refractivity contribution is 0.443. The van der Waals surface area contributed by atoms with Gasteiger partial charge in [0.1, 0.15) is 0 Å². The molecule has 20 heavy (non-hydrogen) atoms. The molecule has 1 aromatic rings. The number of rotatable bonds is 9. The van der Waals surface area contributed by atoms with Crippen LogP contribution in [0.15, 0.2) is 12.3 Å². The van der Waals surface area contributed by atoms with E-state index in [1.54, 1.807) is 31.0 Å². The van der Waals surface area contributed by atoms with Crippen molar-refractivity contribution in [3.8, 4) is 0 Å². The zero-order valence-electron chi connectivity index (χ0n) is 12.0. The fraction of sp³-hybridized carbons (Fsp3) is 0.750. The van der Waals surface area contributed by atoms with Crippen molar-refractivity contribution in [1.82, 2.24) is 24.1 Å². The van der Waals surface area contributed by atoms with Crippen LogP contribution in [0.4, 0.5) is 0 Å². The van der Waals surface area contributed by atoms with Gasteiger partial charge in [0.05, 0.1) is 12.2 Å². The lowest BCUT2D eigenvalue weighted by Gasteiger charge is -2.17. The van der Waals surface area contributed by atoms with Gasteiger partial charge in [0, 0.05) is 32.9 Å². The summed E-state index contributed by atoms with van der Waals surface area (Å²) >= 11 is 0. The van der Waals surface area contributed by atoms with Gasteiger partial charge in [-0.3, -0.25) is 4.68 Å². The van der Waals surface area contributed by atoms with Gasteiger partial charge in [-0.15, -0.1) is 0 Å². The van der Waals surface area contributed by atoms with Gasteiger partial charge in [0.15, 0.2) is 0 Å². The van der Waals surface area contributed by atoms with Gasteiger partial charge in [-0.1, -0.05) is 0 Å². The summed E-state index contributed by atoms with van der Waals surface area (Å²) in [6.45, 7) is 1.59. The molecule has 2 N–H and O–H groups in total. The van der Waals surface area contributed by atoms with Gasteiger partial charge in [-0.05, 0) is 31.9 Å². The summed E-state index contributed by atoms with van der Waals surface area (Å²) in [4.78, 5) is 0. The monoisotopic (exact) mass is 301 g/mol. The molecule has 1 saturated carbocycles. The molecule has 0 atom stereocenters. The molecule has 0 unspecified atom stereocenters. The summed E-state index contributed by atoms with van der Waals surface area (Å²) in [6.07, 6.45) is 5.11. The minimum absolute atomic E-state index is 0.216. The van der Waals surface area contributed by atoms with Gasteiger partial charge in [-0.2, -0.15) is 22.5 Å². The Balaban J connectivity index is 1.70. The Hall–Kier alpha value is -0.960. The molecule has 1 aliphatic carbocycles. The average Bonchev–Trinajstić information content (AvgIpc) is 3.13. The fourth-order valence-corrected chi connectivity index (χ4v) is 2.77. The molecule has 0 bridgehead atoms. The number of hydrogen-bond donors (Lipinski definition) is 2. The minimum atomic E-state index is -3.43. The van der Waals surface area contributed by atoms with E-state index in [0.717, 1.165) is 13.0 Å². The van der Waals surface area contributed by atoms with Crippen molar-refractivity contribution in [1.29, 1.82) is 0 Å². The molecule has 1 heterocycles. The first kappa shape index (κ1) is 15.4. The van der Waals surface area contributed by atoms with Crippen molar-refractivity contribution in [3.63, 3.8) is 0 Å². The normalized spacial score (nSPS) is 15.9. The third-order valence-corrected chi connectivity index (χ3v) is 4.79. The van der Waals surface area contributed by atoms with Crippen LogP contribution in [0.2, 0.25) is 0 Å². The zero-order valence-corrected chi connectivity index (χ0v) is 12.9. The molecule has 0 aromatic carbocycles. The van der Waals surface area contributed by atoms with E-state index in [-0.39, 0.29) is 6.54 Å². The highest BCUT2D eigenvalue weighted by atomic mass is 32.2. The van der Waals surface area contributed by atoms with Crippen LogP contribution in [0, 0.1) is 0 Å². The maximum atomic E-state index is 12.0. The molecule has 2 rings (SSSR count). The Kier molecular flexibility index (Phi) is 5.14. The number of aryl methyl sites for hydroxylation is 1. The van der Waals surface area contributed by atoms with Crippen LogP contribution in [0.1, 0.15) is 25.0 Å². The largest absolute Gasteiger partial charge is 0.314 e. The second-order valence-corrected chi connectivity index (χ2v) is 7.07. The SMILES string of the molecule is CN(CCCNC1CC1)S(=O)(=O)NCc1ccn(C)n1. The lowest BCUT2D eigenvalue weighted by Crippen LogP contribution is -2.39. The third-order valence-electron chi connectivity index (χ3n) is 3.27. The molecule has 1 fully saturated rings. The van der Waals surface area contributed by atoms with Crippen LogP contribution in [0.25, 0.3) is 0 Å². The third kappa shape index (κ3) is 4.86. The first-order chi connectivity index (χ1) is 9.47. The minimum Gasteiger partial charge on any atom is -0.314 e. The predicted octanol–water partition coefficient (Wildman–Crippen LogP) is -0.172. The topological polar surface area (TPSA) is 79.3 Å². The lowest BCUT2D eigenvalue weighted by atomic mass is 10.4. The first-order valence-electron chi connectivity index (χ1n) is 6.90. The summed E-state index contributed by atoms with van der Waals surface area (Å²) < 4.78 is 29.6. The Bertz CT molecular complexity index is 524. The van der Waals surface area contributed by atoms with E-state index in [1.165, 1.54) is 17.1 Å². The van der Waals surface area contributed by atoms with E-state index in [1.807, 2.05) is 0 Å². The van der Waals surface area contributed by atoms with E-state index >= 15 is 0 Å². The predicted molar refractivity (Wildman–Crippen MR) is 77.2 cm³/mol. The highest BCUT2D eigenvalue weighted by Gasteiger charge is 2.20. The molecule has 8 heteroatoms. The van der Waals surface area contributed by atoms with Crippen LogP contribution < -0.4 is 10.0 Å². The molecule has 1 aromatic heterocycles. The van der Waals surface area contributed by atoms with Crippen LogP contribution in [0.3, 0.4) is 0 Å². The van der Waals surface area contributed by atoms with Gasteiger partial charge in [0.2, 0.25) is 0 Å². The molecule has 0 aliphatic heterocycles. The molecule has 0 radical (unpaired) electrons. The van der Waals surface area contributed by atoms with E-state index < -0.39 is 10.2 Å². The Morgan fingerprint density at radius 1 is 1.50 bits per heavy atom. The summed E-state index contributed by atoms with van der Waals surface area (Å²) in [6, 6.07) is 2.46. The molecular formula is C12H23N5O2S. The van der Waals surface area contributed by atoms with Crippen LogP contribution in [-0.4, -0.2) is 48.7 Å². The molecule has 114 valence electrons. The second-order valence-electron chi connectivity index (χ2n) is 5.21. The summed E-state index contributed by atoms with van der Waals surface area (Å²) in [5.41, 5.74) is 0.708. The van der Waals surface area contributed by atoms with Gasteiger partial charge < -0.3 is 5.32 Å². The zero-order chi connectivity index (χ0) is 14.6. The van der Waals surface area contributed by atoms with E-state index in [0.29, 0.717) is 18.3 Å². The van der Waals surface area contributed by atoms with E-state index in [9.17, 15) is 8.42 Å². The van der Waals surface area contributed by atoms with Crippen molar-refractivity contribution in [2.75, 3.05) is 20.1 Å². The van der Waals surface area contributed by atoms with Gasteiger partial charge >= 0.3 is 0 Å². The maximum absolute atomic E-state index is 12.0. The Labute approximate surface area is 120 Å². The smallest absolute Gasteiger partial charge is 0.279 e.